The van der Waals surface area contributed by atoms with Gasteiger partial charge in [0.05, 0.1) is 13.0 Å². The van der Waals surface area contributed by atoms with Crippen molar-refractivity contribution in [3.05, 3.63) is 40.4 Å². The molecule has 0 spiro atoms. The maximum atomic E-state index is 12.3. The van der Waals surface area contributed by atoms with E-state index < -0.39 is 0 Å². The van der Waals surface area contributed by atoms with Gasteiger partial charge >= 0.3 is 0 Å². The Kier molecular flexibility index (Phi) is 4.73. The van der Waals surface area contributed by atoms with Gasteiger partial charge in [0.25, 0.3) is 0 Å². The summed E-state index contributed by atoms with van der Waals surface area (Å²) in [5.41, 5.74) is 7.74. The fourth-order valence-corrected chi connectivity index (χ4v) is 3.25. The highest BCUT2D eigenvalue weighted by atomic mass is 35.5. The number of nitrogen functional groups attached to an aromatic ring is 1. The fraction of sp³-hybridized carbons (Fsp3) is 0.312. The van der Waals surface area contributed by atoms with E-state index in [1.807, 2.05) is 24.3 Å². The van der Waals surface area contributed by atoms with Crippen molar-refractivity contribution in [2.24, 2.45) is 0 Å². The highest BCUT2D eigenvalue weighted by Gasteiger charge is 2.31. The lowest BCUT2D eigenvalue weighted by Crippen LogP contribution is -2.26. The first-order valence-electron chi connectivity index (χ1n) is 7.42. The number of carbonyl (C=O) groups is 1. The number of nitrogens with zero attached hydrogens (tertiary/aromatic N) is 3. The molecule has 1 aromatic carbocycles. The molecule has 7 heteroatoms. The highest BCUT2D eigenvalue weighted by molar-refractivity contribution is 7.99. The van der Waals surface area contributed by atoms with Crippen LogP contribution in [0, 0.1) is 0 Å². The summed E-state index contributed by atoms with van der Waals surface area (Å²) >= 11 is 7.46. The molecule has 2 N–H and O–H groups in total. The third-order valence-electron chi connectivity index (χ3n) is 3.57. The first kappa shape index (κ1) is 16.1. The molecule has 0 radical (unpaired) electrons. The summed E-state index contributed by atoms with van der Waals surface area (Å²) in [4.78, 5) is 22.9. The Hall–Kier alpha value is -1.79. The van der Waals surface area contributed by atoms with Crippen molar-refractivity contribution in [1.29, 1.82) is 0 Å². The Morgan fingerprint density at radius 2 is 2.04 bits per heavy atom. The SMILES string of the molecule is CCCSc1nc(N)c2c(n1)N(Cc1ccc(Cl)cc1)C(=O)C2. The standard InChI is InChI=1S/C16H17ClN4OS/c1-2-7-23-16-19-14(18)12-8-13(22)21(15(12)20-16)9-10-3-5-11(17)6-4-10/h3-6H,2,7-9H2,1H3,(H2,18,19,20). The third kappa shape index (κ3) is 3.43. The predicted octanol–water partition coefficient (Wildman–Crippen LogP) is 3.30. The number of anilines is 2. The number of carbonyl (C=O) groups excluding carboxylic acids is 1. The van der Waals surface area contributed by atoms with E-state index >= 15 is 0 Å². The molecule has 1 aliphatic rings. The van der Waals surface area contributed by atoms with Crippen molar-refractivity contribution in [3.63, 3.8) is 0 Å². The molecule has 0 saturated heterocycles. The molecule has 23 heavy (non-hydrogen) atoms. The van der Waals surface area contributed by atoms with Crippen LogP contribution in [0.5, 0.6) is 0 Å². The van der Waals surface area contributed by atoms with Gasteiger partial charge in [0.1, 0.15) is 11.6 Å². The number of hydrogen-bond acceptors (Lipinski definition) is 5. The van der Waals surface area contributed by atoms with Gasteiger partial charge in [-0.05, 0) is 24.1 Å². The minimum absolute atomic E-state index is 0.00593. The summed E-state index contributed by atoms with van der Waals surface area (Å²) in [6.45, 7) is 2.55. The monoisotopic (exact) mass is 348 g/mol. The number of amides is 1. The van der Waals surface area contributed by atoms with Gasteiger partial charge in [-0.25, -0.2) is 9.97 Å². The second-order valence-corrected chi connectivity index (χ2v) is 6.82. The molecule has 0 fully saturated rings. The van der Waals surface area contributed by atoms with Gasteiger partial charge in [0.2, 0.25) is 5.91 Å². The molecule has 0 bridgehead atoms. The summed E-state index contributed by atoms with van der Waals surface area (Å²) in [6.07, 6.45) is 1.28. The third-order valence-corrected chi connectivity index (χ3v) is 4.88. The molecule has 1 aromatic heterocycles. The van der Waals surface area contributed by atoms with Crippen LogP contribution >= 0.6 is 23.4 Å². The van der Waals surface area contributed by atoms with E-state index in [1.165, 1.54) is 0 Å². The largest absolute Gasteiger partial charge is 0.383 e. The normalized spacial score (nSPS) is 13.5. The lowest BCUT2D eigenvalue weighted by Gasteiger charge is -2.17. The Balaban J connectivity index is 1.90. The molecule has 0 atom stereocenters. The molecule has 1 aliphatic heterocycles. The molecule has 0 unspecified atom stereocenters. The van der Waals surface area contributed by atoms with Gasteiger partial charge in [-0.3, -0.25) is 9.69 Å². The summed E-state index contributed by atoms with van der Waals surface area (Å²) in [5.74, 6) is 1.95. The number of aromatic nitrogens is 2. The quantitative estimate of drug-likeness (QED) is 0.663. The number of nitrogens with two attached hydrogens (primary N) is 1. The van der Waals surface area contributed by atoms with Gasteiger partial charge < -0.3 is 5.73 Å². The van der Waals surface area contributed by atoms with Crippen LogP contribution in [0.15, 0.2) is 29.4 Å². The second kappa shape index (κ2) is 6.76. The van der Waals surface area contributed by atoms with Crippen LogP contribution in [-0.4, -0.2) is 21.6 Å². The number of fused-ring (bicyclic) bond motifs is 1. The summed E-state index contributed by atoms with van der Waals surface area (Å²) in [5, 5.41) is 1.30. The van der Waals surface area contributed by atoms with Gasteiger partial charge in [-0.15, -0.1) is 0 Å². The highest BCUT2D eigenvalue weighted by Crippen LogP contribution is 2.33. The molecular weight excluding hydrogens is 332 g/mol. The van der Waals surface area contributed by atoms with E-state index in [-0.39, 0.29) is 12.3 Å². The van der Waals surface area contributed by atoms with Crippen LogP contribution in [-0.2, 0) is 17.8 Å². The van der Waals surface area contributed by atoms with E-state index in [0.717, 1.165) is 23.3 Å². The molecular formula is C16H17ClN4OS. The lowest BCUT2D eigenvalue weighted by molar-refractivity contribution is -0.117. The van der Waals surface area contributed by atoms with Crippen LogP contribution < -0.4 is 10.6 Å². The summed E-state index contributed by atoms with van der Waals surface area (Å²) in [7, 11) is 0. The summed E-state index contributed by atoms with van der Waals surface area (Å²) < 4.78 is 0. The Morgan fingerprint density at radius 1 is 1.30 bits per heavy atom. The van der Waals surface area contributed by atoms with Crippen molar-refractivity contribution in [3.8, 4) is 0 Å². The fourth-order valence-electron chi connectivity index (χ4n) is 2.42. The predicted molar refractivity (Wildman–Crippen MR) is 93.8 cm³/mol. The topological polar surface area (TPSA) is 72.1 Å². The van der Waals surface area contributed by atoms with Crippen molar-refractivity contribution in [2.75, 3.05) is 16.4 Å². The first-order valence-corrected chi connectivity index (χ1v) is 8.79. The van der Waals surface area contributed by atoms with Crippen LogP contribution in [0.25, 0.3) is 0 Å². The first-order chi connectivity index (χ1) is 11.1. The molecule has 3 rings (SSSR count). The smallest absolute Gasteiger partial charge is 0.233 e. The molecule has 120 valence electrons. The zero-order valence-electron chi connectivity index (χ0n) is 12.8. The van der Waals surface area contributed by atoms with Gasteiger partial charge in [0, 0.05) is 16.3 Å². The Labute approximate surface area is 144 Å². The minimum atomic E-state index is -0.00593. The summed E-state index contributed by atoms with van der Waals surface area (Å²) in [6, 6.07) is 7.44. The van der Waals surface area contributed by atoms with Crippen LogP contribution in [0.2, 0.25) is 5.02 Å². The molecule has 2 aromatic rings. The number of hydrogen-bond donors (Lipinski definition) is 1. The van der Waals surface area contributed by atoms with E-state index in [4.69, 9.17) is 17.3 Å². The van der Waals surface area contributed by atoms with Gasteiger partial charge in [0.15, 0.2) is 5.16 Å². The molecule has 0 aliphatic carbocycles. The van der Waals surface area contributed by atoms with E-state index in [0.29, 0.717) is 28.4 Å². The maximum absolute atomic E-state index is 12.3. The second-order valence-electron chi connectivity index (χ2n) is 5.33. The zero-order chi connectivity index (χ0) is 16.4. The van der Waals surface area contributed by atoms with Crippen molar-refractivity contribution < 1.29 is 4.79 Å². The van der Waals surface area contributed by atoms with Gasteiger partial charge in [-0.2, -0.15) is 0 Å². The molecule has 2 heterocycles. The van der Waals surface area contributed by atoms with Crippen LogP contribution in [0.3, 0.4) is 0 Å². The van der Waals surface area contributed by atoms with Crippen LogP contribution in [0.4, 0.5) is 11.6 Å². The Bertz CT molecular complexity index is 736. The van der Waals surface area contributed by atoms with Gasteiger partial charge in [-0.1, -0.05) is 42.4 Å². The number of benzene rings is 1. The van der Waals surface area contributed by atoms with Crippen LogP contribution in [0.1, 0.15) is 24.5 Å². The number of rotatable bonds is 5. The molecule has 0 saturated carbocycles. The minimum Gasteiger partial charge on any atom is -0.383 e. The lowest BCUT2D eigenvalue weighted by atomic mass is 10.2. The maximum Gasteiger partial charge on any atom is 0.233 e. The van der Waals surface area contributed by atoms with Crippen molar-refractivity contribution in [1.82, 2.24) is 9.97 Å². The number of thioether (sulfide) groups is 1. The van der Waals surface area contributed by atoms with Crippen molar-refractivity contribution >= 4 is 40.9 Å². The average Bonchev–Trinajstić information content (AvgIpc) is 2.84. The van der Waals surface area contributed by atoms with Crippen molar-refractivity contribution in [2.45, 2.75) is 31.5 Å². The Morgan fingerprint density at radius 3 is 2.74 bits per heavy atom. The molecule has 5 nitrogen and oxygen atoms in total. The number of halogens is 1. The average molecular weight is 349 g/mol. The van der Waals surface area contributed by atoms with E-state index in [2.05, 4.69) is 16.9 Å². The van der Waals surface area contributed by atoms with E-state index in [9.17, 15) is 4.79 Å². The zero-order valence-corrected chi connectivity index (χ0v) is 14.3. The van der Waals surface area contributed by atoms with E-state index in [1.54, 1.807) is 16.7 Å². The molecule has 1 amide bonds.